The summed E-state index contributed by atoms with van der Waals surface area (Å²) in [5, 5.41) is 5.73. The maximum absolute atomic E-state index is 12.4. The molecule has 7 heteroatoms. The average molecular weight is 381 g/mol. The number of nitrogens with zero attached hydrogens (tertiary/aromatic N) is 3. The van der Waals surface area contributed by atoms with E-state index in [0.717, 1.165) is 42.9 Å². The van der Waals surface area contributed by atoms with Gasteiger partial charge in [0.05, 0.1) is 0 Å². The van der Waals surface area contributed by atoms with Gasteiger partial charge in [0.25, 0.3) is 0 Å². The van der Waals surface area contributed by atoms with Crippen LogP contribution in [-0.2, 0) is 16.1 Å². The molecule has 0 unspecified atom stereocenters. The zero-order valence-corrected chi connectivity index (χ0v) is 16.2. The number of amides is 2. The summed E-state index contributed by atoms with van der Waals surface area (Å²) in [6, 6.07) is 7.83. The quantitative estimate of drug-likeness (QED) is 0.764. The van der Waals surface area contributed by atoms with Gasteiger partial charge in [-0.3, -0.25) is 14.6 Å². The van der Waals surface area contributed by atoms with Gasteiger partial charge < -0.3 is 15.5 Å². The normalized spacial score (nSPS) is 14.5. The molecule has 1 saturated heterocycles. The Hall–Kier alpha value is -2.96. The summed E-state index contributed by atoms with van der Waals surface area (Å²) in [6.07, 6.45) is 7.16. The Kier molecular flexibility index (Phi) is 6.94. The zero-order chi connectivity index (χ0) is 19.8. The molecule has 7 nitrogen and oxygen atoms in total. The van der Waals surface area contributed by atoms with Crippen LogP contribution < -0.4 is 15.5 Å². The number of carbonyl (C=O) groups excluding carboxylic acids is 2. The molecule has 3 heterocycles. The summed E-state index contributed by atoms with van der Waals surface area (Å²) in [7, 11) is 0. The maximum atomic E-state index is 12.4. The van der Waals surface area contributed by atoms with E-state index in [1.54, 1.807) is 12.4 Å². The molecule has 0 radical (unpaired) electrons. The van der Waals surface area contributed by atoms with E-state index in [9.17, 15) is 9.59 Å². The fraction of sp³-hybridized carbons (Fsp3) is 0.429. The lowest BCUT2D eigenvalue weighted by atomic mass is 9.96. The second-order valence-electron chi connectivity index (χ2n) is 7.13. The van der Waals surface area contributed by atoms with E-state index in [0.29, 0.717) is 13.1 Å². The van der Waals surface area contributed by atoms with Gasteiger partial charge in [-0.25, -0.2) is 4.98 Å². The summed E-state index contributed by atoms with van der Waals surface area (Å²) >= 11 is 0. The SMILES string of the molecule is Cc1ccc(N2CCC(C(=O)NCCC(=O)NCc3cccnc3)CC2)nc1. The standard InChI is InChI=1S/C21H27N5O2/c1-16-4-5-19(24-13-16)26-11-7-18(8-12-26)21(28)23-10-6-20(27)25-15-17-3-2-9-22-14-17/h2-5,9,13-14,18H,6-8,10-12,15H2,1H3,(H,23,28)(H,25,27). The van der Waals surface area contributed by atoms with Crippen molar-refractivity contribution in [1.82, 2.24) is 20.6 Å². The first-order valence-electron chi connectivity index (χ1n) is 9.73. The molecule has 28 heavy (non-hydrogen) atoms. The molecule has 2 aromatic heterocycles. The number of carbonyl (C=O) groups is 2. The largest absolute Gasteiger partial charge is 0.357 e. The minimum atomic E-state index is -0.0792. The molecule has 2 amide bonds. The van der Waals surface area contributed by atoms with Gasteiger partial charge in [-0.1, -0.05) is 12.1 Å². The van der Waals surface area contributed by atoms with Crippen LogP contribution >= 0.6 is 0 Å². The third-order valence-corrected chi connectivity index (χ3v) is 4.95. The zero-order valence-electron chi connectivity index (χ0n) is 16.2. The Morgan fingerprint density at radius 2 is 1.96 bits per heavy atom. The van der Waals surface area contributed by atoms with E-state index in [1.807, 2.05) is 31.3 Å². The van der Waals surface area contributed by atoms with E-state index < -0.39 is 0 Å². The lowest BCUT2D eigenvalue weighted by Crippen LogP contribution is -2.41. The summed E-state index contributed by atoms with van der Waals surface area (Å²) < 4.78 is 0. The van der Waals surface area contributed by atoms with E-state index in [-0.39, 0.29) is 24.2 Å². The smallest absolute Gasteiger partial charge is 0.223 e. The van der Waals surface area contributed by atoms with E-state index in [1.165, 1.54) is 0 Å². The van der Waals surface area contributed by atoms with Crippen LogP contribution in [0.3, 0.4) is 0 Å². The summed E-state index contributed by atoms with van der Waals surface area (Å²) in [6.45, 7) is 4.47. The minimum absolute atomic E-state index is 0.000141. The van der Waals surface area contributed by atoms with Crippen LogP contribution in [0.2, 0.25) is 0 Å². The van der Waals surface area contributed by atoms with Crippen LogP contribution in [0.1, 0.15) is 30.4 Å². The molecule has 2 aromatic rings. The summed E-state index contributed by atoms with van der Waals surface area (Å²) in [5.74, 6) is 0.927. The van der Waals surface area contributed by atoms with Gasteiger partial charge in [-0.2, -0.15) is 0 Å². The highest BCUT2D eigenvalue weighted by Gasteiger charge is 2.25. The molecule has 3 rings (SSSR count). The Balaban J connectivity index is 1.33. The molecule has 1 fully saturated rings. The number of piperidine rings is 1. The Labute approximate surface area is 165 Å². The topological polar surface area (TPSA) is 87.2 Å². The Bertz CT molecular complexity index is 771. The fourth-order valence-corrected chi connectivity index (χ4v) is 3.25. The minimum Gasteiger partial charge on any atom is -0.357 e. The van der Waals surface area contributed by atoms with Gasteiger partial charge in [0, 0.05) is 57.1 Å². The van der Waals surface area contributed by atoms with Gasteiger partial charge in [0.15, 0.2) is 0 Å². The van der Waals surface area contributed by atoms with Crippen molar-refractivity contribution < 1.29 is 9.59 Å². The van der Waals surface area contributed by atoms with Crippen molar-refractivity contribution in [3.8, 4) is 0 Å². The molecule has 0 spiro atoms. The van der Waals surface area contributed by atoms with E-state index in [4.69, 9.17) is 0 Å². The number of pyridine rings is 2. The van der Waals surface area contributed by atoms with Crippen LogP contribution in [0.5, 0.6) is 0 Å². The molecule has 2 N–H and O–H groups in total. The number of nitrogens with one attached hydrogen (secondary N) is 2. The van der Waals surface area contributed by atoms with E-state index >= 15 is 0 Å². The van der Waals surface area contributed by atoms with Crippen molar-refractivity contribution >= 4 is 17.6 Å². The Morgan fingerprint density at radius 1 is 1.14 bits per heavy atom. The van der Waals surface area contributed by atoms with Gasteiger partial charge in [-0.15, -0.1) is 0 Å². The van der Waals surface area contributed by atoms with Gasteiger partial charge >= 0.3 is 0 Å². The third-order valence-electron chi connectivity index (χ3n) is 4.95. The number of hydrogen-bond acceptors (Lipinski definition) is 5. The monoisotopic (exact) mass is 381 g/mol. The summed E-state index contributed by atoms with van der Waals surface area (Å²) in [5.41, 5.74) is 2.09. The molecule has 1 aliphatic rings. The molecule has 148 valence electrons. The molecule has 1 aliphatic heterocycles. The van der Waals surface area contributed by atoms with Crippen LogP contribution in [-0.4, -0.2) is 41.4 Å². The fourth-order valence-electron chi connectivity index (χ4n) is 3.25. The molecule has 0 bridgehead atoms. The highest BCUT2D eigenvalue weighted by atomic mass is 16.2. The maximum Gasteiger partial charge on any atom is 0.223 e. The second-order valence-corrected chi connectivity index (χ2v) is 7.13. The van der Waals surface area contributed by atoms with Crippen molar-refractivity contribution in [3.05, 3.63) is 54.0 Å². The molecule has 0 atom stereocenters. The number of aromatic nitrogens is 2. The van der Waals surface area contributed by atoms with Crippen LogP contribution in [0.15, 0.2) is 42.9 Å². The first-order chi connectivity index (χ1) is 13.6. The van der Waals surface area contributed by atoms with Crippen LogP contribution in [0.25, 0.3) is 0 Å². The molecular formula is C21H27N5O2. The average Bonchev–Trinajstić information content (AvgIpc) is 2.73. The predicted molar refractivity (Wildman–Crippen MR) is 108 cm³/mol. The molecule has 0 aromatic carbocycles. The molecular weight excluding hydrogens is 354 g/mol. The highest BCUT2D eigenvalue weighted by Crippen LogP contribution is 2.22. The van der Waals surface area contributed by atoms with Crippen molar-refractivity contribution in [1.29, 1.82) is 0 Å². The Morgan fingerprint density at radius 3 is 2.64 bits per heavy atom. The number of hydrogen-bond donors (Lipinski definition) is 2. The number of rotatable bonds is 7. The second kappa shape index (κ2) is 9.82. The van der Waals surface area contributed by atoms with Crippen LogP contribution in [0.4, 0.5) is 5.82 Å². The van der Waals surface area contributed by atoms with E-state index in [2.05, 4.69) is 31.6 Å². The number of aryl methyl sites for hydroxylation is 1. The van der Waals surface area contributed by atoms with Crippen molar-refractivity contribution in [2.45, 2.75) is 32.7 Å². The first kappa shape index (κ1) is 19.8. The third kappa shape index (κ3) is 5.77. The van der Waals surface area contributed by atoms with Gasteiger partial charge in [0.1, 0.15) is 5.82 Å². The highest BCUT2D eigenvalue weighted by molar-refractivity contribution is 5.80. The van der Waals surface area contributed by atoms with Crippen LogP contribution in [0, 0.1) is 12.8 Å². The van der Waals surface area contributed by atoms with Gasteiger partial charge in [-0.05, 0) is 43.0 Å². The van der Waals surface area contributed by atoms with Crippen molar-refractivity contribution in [3.63, 3.8) is 0 Å². The van der Waals surface area contributed by atoms with Gasteiger partial charge in [0.2, 0.25) is 11.8 Å². The first-order valence-corrected chi connectivity index (χ1v) is 9.73. The van der Waals surface area contributed by atoms with Crippen molar-refractivity contribution in [2.24, 2.45) is 5.92 Å². The lowest BCUT2D eigenvalue weighted by molar-refractivity contribution is -0.125. The molecule has 0 aliphatic carbocycles. The molecule has 0 saturated carbocycles. The lowest BCUT2D eigenvalue weighted by Gasteiger charge is -2.32. The summed E-state index contributed by atoms with van der Waals surface area (Å²) in [4.78, 5) is 35.0. The number of anilines is 1. The van der Waals surface area contributed by atoms with Crippen molar-refractivity contribution in [2.75, 3.05) is 24.5 Å². The predicted octanol–water partition coefficient (Wildman–Crippen LogP) is 1.82.